The number of benzene rings is 1. The lowest BCUT2D eigenvalue weighted by molar-refractivity contribution is -0.140. The Morgan fingerprint density at radius 1 is 1.21 bits per heavy atom. The number of carbonyl (C=O) groups excluding carboxylic acids is 2. The predicted octanol–water partition coefficient (Wildman–Crippen LogP) is 2.34. The highest BCUT2D eigenvalue weighted by molar-refractivity contribution is 5.83. The van der Waals surface area contributed by atoms with Gasteiger partial charge in [-0.1, -0.05) is 19.1 Å². The lowest BCUT2D eigenvalue weighted by atomic mass is 9.99. The number of nitrogens with zero attached hydrogens (tertiary/aromatic N) is 2. The fourth-order valence-electron chi connectivity index (χ4n) is 2.93. The summed E-state index contributed by atoms with van der Waals surface area (Å²) < 4.78 is 5.15. The van der Waals surface area contributed by atoms with Crippen LogP contribution in [-0.4, -0.2) is 54.9 Å². The van der Waals surface area contributed by atoms with Gasteiger partial charge in [0.15, 0.2) is 0 Å². The van der Waals surface area contributed by atoms with Crippen molar-refractivity contribution in [2.24, 2.45) is 5.92 Å². The van der Waals surface area contributed by atoms with Gasteiger partial charge in [0.05, 0.1) is 13.7 Å². The standard InChI is InChI=1S/C19H28N2O3/c1-15-8-11-20(12-9-15)19(23)14-21(16(2)22)13-10-17-4-6-18(24-3)7-5-17/h4-7,15H,8-14H2,1-3H3. The van der Waals surface area contributed by atoms with Gasteiger partial charge in [-0.25, -0.2) is 0 Å². The second-order valence-electron chi connectivity index (χ2n) is 6.60. The average Bonchev–Trinajstić information content (AvgIpc) is 2.59. The van der Waals surface area contributed by atoms with Crippen LogP contribution >= 0.6 is 0 Å². The molecule has 0 atom stereocenters. The maximum absolute atomic E-state index is 12.4. The van der Waals surface area contributed by atoms with E-state index in [-0.39, 0.29) is 18.4 Å². The van der Waals surface area contributed by atoms with E-state index in [4.69, 9.17) is 4.74 Å². The molecule has 1 heterocycles. The van der Waals surface area contributed by atoms with E-state index in [1.165, 1.54) is 6.92 Å². The van der Waals surface area contributed by atoms with E-state index in [1.54, 1.807) is 12.0 Å². The molecule has 0 radical (unpaired) electrons. The van der Waals surface area contributed by atoms with Crippen LogP contribution in [0.25, 0.3) is 0 Å². The number of rotatable bonds is 6. The number of carbonyl (C=O) groups is 2. The molecule has 0 aromatic heterocycles. The Bertz CT molecular complexity index is 548. The van der Waals surface area contributed by atoms with Crippen molar-refractivity contribution in [3.8, 4) is 5.75 Å². The summed E-state index contributed by atoms with van der Waals surface area (Å²) in [5, 5.41) is 0. The molecule has 5 heteroatoms. The van der Waals surface area contributed by atoms with E-state index in [1.807, 2.05) is 29.2 Å². The molecule has 1 aliphatic rings. The van der Waals surface area contributed by atoms with Crippen molar-refractivity contribution in [2.45, 2.75) is 33.1 Å². The van der Waals surface area contributed by atoms with Crippen LogP contribution in [0.2, 0.25) is 0 Å². The van der Waals surface area contributed by atoms with Gasteiger partial charge in [0.25, 0.3) is 0 Å². The molecular weight excluding hydrogens is 304 g/mol. The zero-order valence-electron chi connectivity index (χ0n) is 15.0. The molecular formula is C19H28N2O3. The summed E-state index contributed by atoms with van der Waals surface area (Å²) in [6.45, 7) is 6.10. The third-order valence-corrected chi connectivity index (χ3v) is 4.74. The maximum Gasteiger partial charge on any atom is 0.242 e. The van der Waals surface area contributed by atoms with Gasteiger partial charge in [0.2, 0.25) is 11.8 Å². The highest BCUT2D eigenvalue weighted by Crippen LogP contribution is 2.16. The van der Waals surface area contributed by atoms with Crippen molar-refractivity contribution >= 4 is 11.8 Å². The lowest BCUT2D eigenvalue weighted by Crippen LogP contribution is -2.45. The summed E-state index contributed by atoms with van der Waals surface area (Å²) in [6, 6.07) is 7.80. The average molecular weight is 332 g/mol. The minimum Gasteiger partial charge on any atom is -0.497 e. The van der Waals surface area contributed by atoms with Crippen LogP contribution in [0.3, 0.4) is 0 Å². The first-order valence-corrected chi connectivity index (χ1v) is 8.66. The molecule has 0 spiro atoms. The van der Waals surface area contributed by atoms with Gasteiger partial charge in [0.1, 0.15) is 5.75 Å². The maximum atomic E-state index is 12.4. The second kappa shape index (κ2) is 8.71. The van der Waals surface area contributed by atoms with Gasteiger partial charge >= 0.3 is 0 Å². The Balaban J connectivity index is 1.86. The molecule has 0 bridgehead atoms. The fourth-order valence-corrected chi connectivity index (χ4v) is 2.93. The first-order chi connectivity index (χ1) is 11.5. The molecule has 5 nitrogen and oxygen atoms in total. The summed E-state index contributed by atoms with van der Waals surface area (Å²) in [5.74, 6) is 1.51. The normalized spacial score (nSPS) is 15.2. The third-order valence-electron chi connectivity index (χ3n) is 4.74. The number of hydrogen-bond donors (Lipinski definition) is 0. The summed E-state index contributed by atoms with van der Waals surface area (Å²) in [6.07, 6.45) is 2.84. The van der Waals surface area contributed by atoms with Gasteiger partial charge in [-0.3, -0.25) is 9.59 Å². The molecule has 1 aliphatic heterocycles. The Kier molecular flexibility index (Phi) is 6.64. The predicted molar refractivity (Wildman–Crippen MR) is 93.9 cm³/mol. The molecule has 0 aliphatic carbocycles. The van der Waals surface area contributed by atoms with E-state index in [2.05, 4.69) is 6.92 Å². The number of likely N-dealkylation sites (tertiary alicyclic amines) is 1. The highest BCUT2D eigenvalue weighted by Gasteiger charge is 2.22. The van der Waals surface area contributed by atoms with E-state index >= 15 is 0 Å². The van der Waals surface area contributed by atoms with E-state index in [0.717, 1.165) is 43.7 Å². The van der Waals surface area contributed by atoms with Gasteiger partial charge in [-0.15, -0.1) is 0 Å². The van der Waals surface area contributed by atoms with Crippen LogP contribution < -0.4 is 4.74 Å². The molecule has 0 unspecified atom stereocenters. The molecule has 2 rings (SSSR count). The molecule has 132 valence electrons. The van der Waals surface area contributed by atoms with Gasteiger partial charge in [-0.2, -0.15) is 0 Å². The monoisotopic (exact) mass is 332 g/mol. The molecule has 2 amide bonds. The molecule has 1 saturated heterocycles. The Hall–Kier alpha value is -2.04. The Morgan fingerprint density at radius 2 is 1.83 bits per heavy atom. The minimum atomic E-state index is -0.0535. The van der Waals surface area contributed by atoms with Crippen molar-refractivity contribution in [2.75, 3.05) is 33.3 Å². The summed E-state index contributed by atoms with van der Waals surface area (Å²) in [4.78, 5) is 27.8. The number of piperidine rings is 1. The van der Waals surface area contributed by atoms with Crippen molar-refractivity contribution < 1.29 is 14.3 Å². The Morgan fingerprint density at radius 3 is 2.38 bits per heavy atom. The van der Waals surface area contributed by atoms with Crippen molar-refractivity contribution in [1.29, 1.82) is 0 Å². The zero-order valence-corrected chi connectivity index (χ0v) is 15.0. The molecule has 24 heavy (non-hydrogen) atoms. The first kappa shape index (κ1) is 18.3. The van der Waals surface area contributed by atoms with Gasteiger partial charge in [0, 0.05) is 26.6 Å². The highest BCUT2D eigenvalue weighted by atomic mass is 16.5. The van der Waals surface area contributed by atoms with Crippen LogP contribution in [0.15, 0.2) is 24.3 Å². The number of methoxy groups -OCH3 is 1. The summed E-state index contributed by atoms with van der Waals surface area (Å²) >= 11 is 0. The van der Waals surface area contributed by atoms with Crippen molar-refractivity contribution in [1.82, 2.24) is 9.80 Å². The summed E-state index contributed by atoms with van der Waals surface area (Å²) in [5.41, 5.74) is 1.13. The number of hydrogen-bond acceptors (Lipinski definition) is 3. The topological polar surface area (TPSA) is 49.9 Å². The largest absolute Gasteiger partial charge is 0.497 e. The SMILES string of the molecule is COc1ccc(CCN(CC(=O)N2CCC(C)CC2)C(C)=O)cc1. The van der Waals surface area contributed by atoms with Crippen LogP contribution in [0.5, 0.6) is 5.75 Å². The molecule has 1 aromatic carbocycles. The Labute approximate surface area is 144 Å². The summed E-state index contributed by atoms with van der Waals surface area (Å²) in [7, 11) is 1.64. The second-order valence-corrected chi connectivity index (χ2v) is 6.60. The van der Waals surface area contributed by atoms with E-state index in [0.29, 0.717) is 12.5 Å². The fraction of sp³-hybridized carbons (Fsp3) is 0.579. The molecule has 0 saturated carbocycles. The van der Waals surface area contributed by atoms with Crippen LogP contribution in [0.1, 0.15) is 32.3 Å². The van der Waals surface area contributed by atoms with Crippen LogP contribution in [0.4, 0.5) is 0 Å². The quantitative estimate of drug-likeness (QED) is 0.803. The number of amides is 2. The smallest absolute Gasteiger partial charge is 0.242 e. The zero-order chi connectivity index (χ0) is 17.5. The lowest BCUT2D eigenvalue weighted by Gasteiger charge is -2.32. The van der Waals surface area contributed by atoms with Crippen LogP contribution in [-0.2, 0) is 16.0 Å². The van der Waals surface area contributed by atoms with Crippen molar-refractivity contribution in [3.63, 3.8) is 0 Å². The van der Waals surface area contributed by atoms with E-state index in [9.17, 15) is 9.59 Å². The van der Waals surface area contributed by atoms with Gasteiger partial charge in [-0.05, 0) is 42.9 Å². The molecule has 1 aromatic rings. The third kappa shape index (κ3) is 5.25. The molecule has 0 N–H and O–H groups in total. The van der Waals surface area contributed by atoms with Crippen molar-refractivity contribution in [3.05, 3.63) is 29.8 Å². The minimum absolute atomic E-state index is 0.0535. The molecule has 1 fully saturated rings. The van der Waals surface area contributed by atoms with E-state index < -0.39 is 0 Å². The first-order valence-electron chi connectivity index (χ1n) is 8.66. The number of ether oxygens (including phenoxy) is 1. The van der Waals surface area contributed by atoms with Crippen LogP contribution in [0, 0.1) is 5.92 Å². The van der Waals surface area contributed by atoms with Gasteiger partial charge < -0.3 is 14.5 Å².